The molecule has 0 radical (unpaired) electrons. The summed E-state index contributed by atoms with van der Waals surface area (Å²) in [6.07, 6.45) is 8.78. The molecule has 1 amide bonds. The van der Waals surface area contributed by atoms with Gasteiger partial charge < -0.3 is 10.6 Å². The Morgan fingerprint density at radius 3 is 2.48 bits per heavy atom. The topological polar surface area (TPSA) is 41.1 Å². The SMILES string of the molecule is Cl.O=C(CCC1CCCN1)NC1CCC(c2ccccc2)CC1. The van der Waals surface area contributed by atoms with Gasteiger partial charge >= 0.3 is 0 Å². The van der Waals surface area contributed by atoms with Crippen LogP contribution in [0.15, 0.2) is 30.3 Å². The third-order valence-corrected chi connectivity index (χ3v) is 5.25. The van der Waals surface area contributed by atoms with Crippen molar-refractivity contribution in [2.45, 2.75) is 69.4 Å². The van der Waals surface area contributed by atoms with Crippen LogP contribution in [0.1, 0.15) is 62.8 Å². The van der Waals surface area contributed by atoms with E-state index in [0.717, 1.165) is 25.8 Å². The molecule has 0 spiro atoms. The van der Waals surface area contributed by atoms with E-state index in [9.17, 15) is 4.79 Å². The molecule has 1 saturated heterocycles. The summed E-state index contributed by atoms with van der Waals surface area (Å²) < 4.78 is 0. The Morgan fingerprint density at radius 2 is 1.83 bits per heavy atom. The summed E-state index contributed by atoms with van der Waals surface area (Å²) in [6.45, 7) is 1.12. The van der Waals surface area contributed by atoms with Crippen LogP contribution in [-0.4, -0.2) is 24.5 Å². The van der Waals surface area contributed by atoms with Gasteiger partial charge in [-0.15, -0.1) is 12.4 Å². The zero-order valence-electron chi connectivity index (χ0n) is 13.8. The second kappa shape index (κ2) is 9.29. The minimum atomic E-state index is 0. The second-order valence-electron chi connectivity index (χ2n) is 6.86. The largest absolute Gasteiger partial charge is 0.353 e. The van der Waals surface area contributed by atoms with Crippen molar-refractivity contribution < 1.29 is 4.79 Å². The Balaban J connectivity index is 0.00000192. The van der Waals surface area contributed by atoms with Gasteiger partial charge in [-0.2, -0.15) is 0 Å². The van der Waals surface area contributed by atoms with E-state index >= 15 is 0 Å². The summed E-state index contributed by atoms with van der Waals surface area (Å²) in [5.74, 6) is 0.925. The Hall–Kier alpha value is -1.06. The standard InChI is InChI=1S/C19H28N2O.ClH/c22-19(13-12-17-7-4-14-20-17)21-18-10-8-16(9-11-18)15-5-2-1-3-6-15;/h1-3,5-6,16-18,20H,4,7-14H2,(H,21,22);1H. The van der Waals surface area contributed by atoms with Gasteiger partial charge in [0, 0.05) is 18.5 Å². The monoisotopic (exact) mass is 336 g/mol. The average molecular weight is 337 g/mol. The van der Waals surface area contributed by atoms with Crippen LogP contribution in [0, 0.1) is 0 Å². The maximum absolute atomic E-state index is 12.1. The van der Waals surface area contributed by atoms with E-state index in [1.165, 1.54) is 31.2 Å². The van der Waals surface area contributed by atoms with Gasteiger partial charge in [0.1, 0.15) is 0 Å². The molecule has 2 aliphatic rings. The fourth-order valence-electron chi connectivity index (χ4n) is 3.90. The fourth-order valence-corrected chi connectivity index (χ4v) is 3.90. The second-order valence-corrected chi connectivity index (χ2v) is 6.86. The third-order valence-electron chi connectivity index (χ3n) is 5.25. The molecule has 3 rings (SSSR count). The Morgan fingerprint density at radius 1 is 1.09 bits per heavy atom. The molecule has 1 aliphatic heterocycles. The molecule has 3 nitrogen and oxygen atoms in total. The van der Waals surface area contributed by atoms with Crippen LogP contribution in [0.2, 0.25) is 0 Å². The first-order valence-corrected chi connectivity index (χ1v) is 8.89. The molecule has 1 saturated carbocycles. The lowest BCUT2D eigenvalue weighted by Crippen LogP contribution is -2.38. The molecule has 0 aromatic heterocycles. The van der Waals surface area contributed by atoms with E-state index in [-0.39, 0.29) is 18.3 Å². The zero-order valence-corrected chi connectivity index (χ0v) is 14.6. The molecule has 1 unspecified atom stereocenters. The zero-order chi connectivity index (χ0) is 15.2. The number of benzene rings is 1. The molecular weight excluding hydrogens is 308 g/mol. The van der Waals surface area contributed by atoms with Gasteiger partial charge in [-0.1, -0.05) is 30.3 Å². The van der Waals surface area contributed by atoms with Crippen molar-refractivity contribution >= 4 is 18.3 Å². The van der Waals surface area contributed by atoms with Crippen molar-refractivity contribution in [2.24, 2.45) is 0 Å². The summed E-state index contributed by atoms with van der Waals surface area (Å²) in [7, 11) is 0. The highest BCUT2D eigenvalue weighted by Gasteiger charge is 2.23. The van der Waals surface area contributed by atoms with Crippen LogP contribution in [0.25, 0.3) is 0 Å². The Bertz CT molecular complexity index is 466. The number of hydrogen-bond acceptors (Lipinski definition) is 2. The Labute approximate surface area is 146 Å². The number of nitrogens with one attached hydrogen (secondary N) is 2. The van der Waals surface area contributed by atoms with Crippen LogP contribution >= 0.6 is 12.4 Å². The molecule has 1 heterocycles. The number of rotatable bonds is 5. The predicted octanol–water partition coefficient (Wildman–Crippen LogP) is 3.78. The van der Waals surface area contributed by atoms with Crippen LogP contribution in [-0.2, 0) is 4.79 Å². The first-order chi connectivity index (χ1) is 10.8. The molecule has 23 heavy (non-hydrogen) atoms. The quantitative estimate of drug-likeness (QED) is 0.859. The summed E-state index contributed by atoms with van der Waals surface area (Å²) >= 11 is 0. The highest BCUT2D eigenvalue weighted by molar-refractivity contribution is 5.85. The lowest BCUT2D eigenvalue weighted by atomic mass is 9.82. The molecule has 1 aromatic rings. The van der Waals surface area contributed by atoms with Gasteiger partial charge in [-0.25, -0.2) is 0 Å². The van der Waals surface area contributed by atoms with Crippen molar-refractivity contribution in [1.82, 2.24) is 10.6 Å². The van der Waals surface area contributed by atoms with E-state index in [4.69, 9.17) is 0 Å². The van der Waals surface area contributed by atoms with Gasteiger partial charge in [0.15, 0.2) is 0 Å². The molecule has 1 aliphatic carbocycles. The van der Waals surface area contributed by atoms with Gasteiger partial charge in [0.05, 0.1) is 0 Å². The highest BCUT2D eigenvalue weighted by atomic mass is 35.5. The van der Waals surface area contributed by atoms with Crippen molar-refractivity contribution in [3.05, 3.63) is 35.9 Å². The first-order valence-electron chi connectivity index (χ1n) is 8.89. The first kappa shape index (κ1) is 18.3. The maximum Gasteiger partial charge on any atom is 0.220 e. The van der Waals surface area contributed by atoms with Gasteiger partial charge in [0.25, 0.3) is 0 Å². The van der Waals surface area contributed by atoms with Gasteiger partial charge in [-0.05, 0) is 63.0 Å². The van der Waals surface area contributed by atoms with E-state index in [1.54, 1.807) is 0 Å². The lowest BCUT2D eigenvalue weighted by molar-refractivity contribution is -0.122. The van der Waals surface area contributed by atoms with Crippen LogP contribution in [0.5, 0.6) is 0 Å². The summed E-state index contributed by atoms with van der Waals surface area (Å²) in [6, 6.07) is 11.8. The molecular formula is C19H29ClN2O. The molecule has 2 fully saturated rings. The Kier molecular flexibility index (Phi) is 7.38. The number of carbonyl (C=O) groups is 1. The van der Waals surface area contributed by atoms with Crippen molar-refractivity contribution in [3.8, 4) is 0 Å². The van der Waals surface area contributed by atoms with E-state index in [0.29, 0.717) is 24.4 Å². The minimum Gasteiger partial charge on any atom is -0.353 e. The minimum absolute atomic E-state index is 0. The van der Waals surface area contributed by atoms with E-state index < -0.39 is 0 Å². The van der Waals surface area contributed by atoms with Crippen molar-refractivity contribution in [2.75, 3.05) is 6.54 Å². The molecule has 128 valence electrons. The predicted molar refractivity (Wildman–Crippen MR) is 97.1 cm³/mol. The van der Waals surface area contributed by atoms with Gasteiger partial charge in [0.2, 0.25) is 5.91 Å². The average Bonchev–Trinajstić information content (AvgIpc) is 3.08. The van der Waals surface area contributed by atoms with Crippen LogP contribution < -0.4 is 10.6 Å². The number of carbonyl (C=O) groups excluding carboxylic acids is 1. The van der Waals surface area contributed by atoms with Crippen molar-refractivity contribution in [3.63, 3.8) is 0 Å². The van der Waals surface area contributed by atoms with E-state index in [1.807, 2.05) is 0 Å². The third kappa shape index (κ3) is 5.50. The van der Waals surface area contributed by atoms with Crippen LogP contribution in [0.4, 0.5) is 0 Å². The summed E-state index contributed by atoms with van der Waals surface area (Å²) in [5, 5.41) is 6.71. The van der Waals surface area contributed by atoms with Crippen molar-refractivity contribution in [1.29, 1.82) is 0 Å². The summed E-state index contributed by atoms with van der Waals surface area (Å²) in [4.78, 5) is 12.1. The van der Waals surface area contributed by atoms with Gasteiger partial charge in [-0.3, -0.25) is 4.79 Å². The smallest absolute Gasteiger partial charge is 0.220 e. The number of hydrogen-bond donors (Lipinski definition) is 2. The highest BCUT2D eigenvalue weighted by Crippen LogP contribution is 2.32. The summed E-state index contributed by atoms with van der Waals surface area (Å²) in [5.41, 5.74) is 1.46. The molecule has 0 bridgehead atoms. The molecule has 1 atom stereocenters. The molecule has 1 aromatic carbocycles. The fraction of sp³-hybridized carbons (Fsp3) is 0.632. The number of halogens is 1. The molecule has 4 heteroatoms. The lowest BCUT2D eigenvalue weighted by Gasteiger charge is -2.29. The normalized spacial score (nSPS) is 27.2. The van der Waals surface area contributed by atoms with E-state index in [2.05, 4.69) is 41.0 Å². The number of amides is 1. The van der Waals surface area contributed by atoms with Crippen LogP contribution in [0.3, 0.4) is 0 Å². The molecule has 2 N–H and O–H groups in total. The maximum atomic E-state index is 12.1.